The average Bonchev–Trinajstić information content (AvgIpc) is 2.88. The molecule has 0 aromatic heterocycles. The molecule has 1 N–H and O–H groups in total. The summed E-state index contributed by atoms with van der Waals surface area (Å²) in [4.78, 5) is 12.9. The maximum Gasteiger partial charge on any atom is 0.303 e. The zero-order valence-electron chi connectivity index (χ0n) is 12.4. The molecule has 0 aromatic rings. The third-order valence-corrected chi connectivity index (χ3v) is 4.06. The molecule has 1 fully saturated rings. The van der Waals surface area contributed by atoms with Crippen LogP contribution in [0.1, 0.15) is 77.0 Å². The Balaban J connectivity index is 1.70. The fourth-order valence-electron chi connectivity index (χ4n) is 2.86. The van der Waals surface area contributed by atoms with Crippen LogP contribution in [-0.2, 0) is 4.79 Å². The second-order valence-corrected chi connectivity index (χ2v) is 5.87. The van der Waals surface area contributed by atoms with Crippen molar-refractivity contribution in [2.24, 2.45) is 0 Å². The summed E-state index contributed by atoms with van der Waals surface area (Å²) in [6, 6.07) is 0. The first-order valence-corrected chi connectivity index (χ1v) is 8.23. The Hall–Kier alpha value is -0.570. The Morgan fingerprint density at radius 2 is 1.26 bits per heavy atom. The summed E-state index contributed by atoms with van der Waals surface area (Å²) < 4.78 is 0. The number of rotatable bonds is 12. The van der Waals surface area contributed by atoms with Gasteiger partial charge in [0.05, 0.1) is 0 Å². The van der Waals surface area contributed by atoms with E-state index in [0.29, 0.717) is 6.42 Å². The van der Waals surface area contributed by atoms with Gasteiger partial charge in [-0.2, -0.15) is 0 Å². The molecule has 1 aliphatic rings. The minimum Gasteiger partial charge on any atom is -0.481 e. The lowest BCUT2D eigenvalue weighted by atomic mass is 10.1. The lowest BCUT2D eigenvalue weighted by Gasteiger charge is -2.13. The van der Waals surface area contributed by atoms with Gasteiger partial charge in [-0.25, -0.2) is 0 Å². The van der Waals surface area contributed by atoms with Gasteiger partial charge in [-0.1, -0.05) is 44.9 Å². The molecule has 0 radical (unpaired) electrons. The molecule has 0 unspecified atom stereocenters. The third-order valence-electron chi connectivity index (χ3n) is 4.06. The van der Waals surface area contributed by atoms with Gasteiger partial charge >= 0.3 is 5.97 Å². The molecule has 1 aliphatic heterocycles. The molecule has 3 nitrogen and oxygen atoms in total. The van der Waals surface area contributed by atoms with Crippen molar-refractivity contribution in [2.75, 3.05) is 19.6 Å². The van der Waals surface area contributed by atoms with Gasteiger partial charge in [0, 0.05) is 6.42 Å². The van der Waals surface area contributed by atoms with Crippen LogP contribution in [0.4, 0.5) is 0 Å². The summed E-state index contributed by atoms with van der Waals surface area (Å²) in [7, 11) is 0. The van der Waals surface area contributed by atoms with E-state index in [4.69, 9.17) is 5.11 Å². The monoisotopic (exact) mass is 269 g/mol. The van der Waals surface area contributed by atoms with Crippen molar-refractivity contribution in [3.8, 4) is 0 Å². The molecule has 0 aliphatic carbocycles. The zero-order valence-corrected chi connectivity index (χ0v) is 12.4. The van der Waals surface area contributed by atoms with Crippen molar-refractivity contribution < 1.29 is 9.90 Å². The molecule has 0 spiro atoms. The van der Waals surface area contributed by atoms with E-state index in [9.17, 15) is 4.79 Å². The fourth-order valence-corrected chi connectivity index (χ4v) is 2.86. The van der Waals surface area contributed by atoms with Crippen molar-refractivity contribution >= 4 is 5.97 Å². The van der Waals surface area contributed by atoms with Crippen LogP contribution in [0.5, 0.6) is 0 Å². The maximum absolute atomic E-state index is 10.3. The molecular formula is C16H31NO2. The highest BCUT2D eigenvalue weighted by atomic mass is 16.4. The fraction of sp³-hybridized carbons (Fsp3) is 0.938. The Morgan fingerprint density at radius 1 is 0.789 bits per heavy atom. The second-order valence-electron chi connectivity index (χ2n) is 5.87. The molecule has 0 aromatic carbocycles. The van der Waals surface area contributed by atoms with E-state index in [1.54, 1.807) is 0 Å². The van der Waals surface area contributed by atoms with E-state index in [0.717, 1.165) is 12.8 Å². The first-order chi connectivity index (χ1) is 9.29. The van der Waals surface area contributed by atoms with Crippen molar-refractivity contribution in [3.05, 3.63) is 0 Å². The summed E-state index contributed by atoms with van der Waals surface area (Å²) in [6.07, 6.45) is 14.4. The lowest BCUT2D eigenvalue weighted by Crippen LogP contribution is -2.20. The topological polar surface area (TPSA) is 40.5 Å². The Morgan fingerprint density at radius 3 is 1.79 bits per heavy atom. The highest BCUT2D eigenvalue weighted by molar-refractivity contribution is 5.66. The van der Waals surface area contributed by atoms with E-state index >= 15 is 0 Å². The van der Waals surface area contributed by atoms with Crippen LogP contribution in [0.2, 0.25) is 0 Å². The van der Waals surface area contributed by atoms with Gasteiger partial charge in [0.25, 0.3) is 0 Å². The summed E-state index contributed by atoms with van der Waals surface area (Å²) in [5.41, 5.74) is 0. The molecule has 0 atom stereocenters. The van der Waals surface area contributed by atoms with Gasteiger partial charge in [0.15, 0.2) is 0 Å². The molecule has 19 heavy (non-hydrogen) atoms. The Labute approximate surface area is 118 Å². The van der Waals surface area contributed by atoms with Crippen molar-refractivity contribution in [1.82, 2.24) is 4.90 Å². The standard InChI is InChI=1S/C16H31NO2/c18-16(19)12-8-6-4-2-1-3-5-7-9-13-17-14-10-11-15-17/h1-15H2,(H,18,19). The van der Waals surface area contributed by atoms with Crippen LogP contribution in [0.25, 0.3) is 0 Å². The largest absolute Gasteiger partial charge is 0.481 e. The minimum absolute atomic E-state index is 0.344. The number of aliphatic carboxylic acids is 1. The number of likely N-dealkylation sites (tertiary alicyclic amines) is 1. The normalized spacial score (nSPS) is 16.0. The van der Waals surface area contributed by atoms with Gasteiger partial charge in [0.1, 0.15) is 0 Å². The van der Waals surface area contributed by atoms with E-state index in [-0.39, 0.29) is 0 Å². The summed E-state index contributed by atoms with van der Waals surface area (Å²) in [5, 5.41) is 8.51. The van der Waals surface area contributed by atoms with Crippen molar-refractivity contribution in [3.63, 3.8) is 0 Å². The number of nitrogens with zero attached hydrogens (tertiary/aromatic N) is 1. The van der Waals surface area contributed by atoms with Crippen LogP contribution in [0.3, 0.4) is 0 Å². The first kappa shape index (κ1) is 16.5. The van der Waals surface area contributed by atoms with Gasteiger partial charge in [-0.15, -0.1) is 0 Å². The van der Waals surface area contributed by atoms with E-state index in [1.165, 1.54) is 77.4 Å². The van der Waals surface area contributed by atoms with E-state index < -0.39 is 5.97 Å². The van der Waals surface area contributed by atoms with Crippen molar-refractivity contribution in [1.29, 1.82) is 0 Å². The summed E-state index contributed by atoms with van der Waals surface area (Å²) in [6.45, 7) is 3.97. The van der Waals surface area contributed by atoms with Crippen LogP contribution >= 0.6 is 0 Å². The van der Waals surface area contributed by atoms with Crippen LogP contribution in [-0.4, -0.2) is 35.6 Å². The molecule has 1 heterocycles. The Bertz CT molecular complexity index is 225. The first-order valence-electron chi connectivity index (χ1n) is 8.23. The van der Waals surface area contributed by atoms with E-state index in [1.807, 2.05) is 0 Å². The SMILES string of the molecule is O=C(O)CCCCCCCCCCCN1CCCC1. The van der Waals surface area contributed by atoms with Gasteiger partial charge < -0.3 is 10.0 Å². The highest BCUT2D eigenvalue weighted by Gasteiger charge is 2.09. The Kier molecular flexibility index (Phi) is 9.78. The molecule has 0 amide bonds. The van der Waals surface area contributed by atoms with Crippen LogP contribution < -0.4 is 0 Å². The quantitative estimate of drug-likeness (QED) is 0.543. The molecule has 1 rings (SSSR count). The smallest absolute Gasteiger partial charge is 0.303 e. The minimum atomic E-state index is -0.655. The molecule has 0 bridgehead atoms. The number of hydrogen-bond acceptors (Lipinski definition) is 2. The number of hydrogen-bond donors (Lipinski definition) is 1. The van der Waals surface area contributed by atoms with Gasteiger partial charge in [-0.3, -0.25) is 4.79 Å². The van der Waals surface area contributed by atoms with Crippen LogP contribution in [0.15, 0.2) is 0 Å². The summed E-state index contributed by atoms with van der Waals surface area (Å²) in [5.74, 6) is -0.655. The number of carbonyl (C=O) groups is 1. The highest BCUT2D eigenvalue weighted by Crippen LogP contribution is 2.12. The number of unbranched alkanes of at least 4 members (excludes halogenated alkanes) is 8. The van der Waals surface area contributed by atoms with Crippen molar-refractivity contribution in [2.45, 2.75) is 77.0 Å². The maximum atomic E-state index is 10.3. The van der Waals surface area contributed by atoms with Gasteiger partial charge in [0.2, 0.25) is 0 Å². The predicted octanol–water partition coefficient (Wildman–Crippen LogP) is 4.07. The predicted molar refractivity (Wildman–Crippen MR) is 79.5 cm³/mol. The molecule has 1 saturated heterocycles. The summed E-state index contributed by atoms with van der Waals surface area (Å²) >= 11 is 0. The molecule has 112 valence electrons. The van der Waals surface area contributed by atoms with E-state index in [2.05, 4.69) is 4.90 Å². The molecular weight excluding hydrogens is 238 g/mol. The lowest BCUT2D eigenvalue weighted by molar-refractivity contribution is -0.137. The zero-order chi connectivity index (χ0) is 13.8. The third kappa shape index (κ3) is 9.94. The second kappa shape index (κ2) is 11.3. The molecule has 0 saturated carbocycles. The number of carboxylic acids is 1. The molecule has 3 heteroatoms. The van der Waals surface area contributed by atoms with Crippen LogP contribution in [0, 0.1) is 0 Å². The number of carboxylic acid groups (broad SMARTS) is 1. The average molecular weight is 269 g/mol. The van der Waals surface area contributed by atoms with Gasteiger partial charge in [-0.05, 0) is 45.3 Å².